The van der Waals surface area contributed by atoms with E-state index in [-0.39, 0.29) is 5.91 Å². The zero-order valence-electron chi connectivity index (χ0n) is 13.9. The Balaban J connectivity index is 2.09. The Morgan fingerprint density at radius 3 is 2.48 bits per heavy atom. The fourth-order valence-corrected chi connectivity index (χ4v) is 3.12. The van der Waals surface area contributed by atoms with Crippen LogP contribution in [0.1, 0.15) is 35.5 Å². The summed E-state index contributed by atoms with van der Waals surface area (Å²) in [7, 11) is 0. The molecule has 0 radical (unpaired) electrons. The third-order valence-corrected chi connectivity index (χ3v) is 4.35. The second-order valence-electron chi connectivity index (χ2n) is 5.74. The first-order chi connectivity index (χ1) is 11.2. The van der Waals surface area contributed by atoms with Gasteiger partial charge in [-0.2, -0.15) is 0 Å². The molecule has 0 bridgehead atoms. The number of benzene rings is 2. The number of amides is 1. The van der Waals surface area contributed by atoms with Gasteiger partial charge in [-0.1, -0.05) is 31.2 Å². The molecule has 0 aliphatic carbocycles. The molecule has 3 rings (SSSR count). The van der Waals surface area contributed by atoms with Crippen LogP contribution in [0.2, 0.25) is 0 Å². The van der Waals surface area contributed by atoms with E-state index < -0.39 is 0 Å². The Hall–Kier alpha value is -2.55. The molecule has 0 spiro atoms. The molecule has 0 saturated carbocycles. The van der Waals surface area contributed by atoms with Crippen LogP contribution in [0.4, 0.5) is 5.69 Å². The molecule has 0 aliphatic rings. The van der Waals surface area contributed by atoms with Crippen LogP contribution < -0.4 is 5.32 Å². The Labute approximate surface area is 136 Å². The molecule has 0 fully saturated rings. The Morgan fingerprint density at radius 2 is 1.83 bits per heavy atom. The fraction of sp³-hybridized carbons (Fsp3) is 0.250. The number of hydrogen-bond donors (Lipinski definition) is 1. The van der Waals surface area contributed by atoms with Gasteiger partial charge >= 0.3 is 0 Å². The summed E-state index contributed by atoms with van der Waals surface area (Å²) in [6.07, 6.45) is 0.998. The number of aromatic nitrogens is 1. The lowest BCUT2D eigenvalue weighted by molar-refractivity contribution is 0.101. The zero-order valence-corrected chi connectivity index (χ0v) is 13.9. The van der Waals surface area contributed by atoms with Gasteiger partial charge in [-0.3, -0.25) is 4.79 Å². The summed E-state index contributed by atoms with van der Waals surface area (Å²) in [5.41, 5.74) is 5.04. The van der Waals surface area contributed by atoms with Crippen LogP contribution in [0, 0.1) is 6.92 Å². The molecule has 0 aliphatic heterocycles. The molecule has 1 heterocycles. The molecule has 0 unspecified atom stereocenters. The molecule has 0 atom stereocenters. The summed E-state index contributed by atoms with van der Waals surface area (Å²) in [5.74, 6) is -0.0511. The van der Waals surface area contributed by atoms with E-state index in [1.807, 2.05) is 37.3 Å². The number of rotatable bonds is 4. The quantitative estimate of drug-likeness (QED) is 0.739. The summed E-state index contributed by atoms with van der Waals surface area (Å²) in [6, 6.07) is 16.1. The van der Waals surface area contributed by atoms with Crippen LogP contribution in [0.3, 0.4) is 0 Å². The van der Waals surface area contributed by atoms with Gasteiger partial charge in [0.05, 0.1) is 0 Å². The van der Waals surface area contributed by atoms with E-state index in [9.17, 15) is 4.79 Å². The molecule has 118 valence electrons. The van der Waals surface area contributed by atoms with Crippen molar-refractivity contribution in [2.45, 2.75) is 33.7 Å². The first-order valence-corrected chi connectivity index (χ1v) is 8.13. The van der Waals surface area contributed by atoms with Crippen molar-refractivity contribution in [3.8, 4) is 0 Å². The van der Waals surface area contributed by atoms with Crippen molar-refractivity contribution in [1.29, 1.82) is 0 Å². The molecular weight excluding hydrogens is 284 g/mol. The molecule has 0 saturated heterocycles. The van der Waals surface area contributed by atoms with Gasteiger partial charge < -0.3 is 9.88 Å². The van der Waals surface area contributed by atoms with Crippen LogP contribution in [0.15, 0.2) is 48.5 Å². The summed E-state index contributed by atoms with van der Waals surface area (Å²) >= 11 is 0. The largest absolute Gasteiger partial charge is 0.337 e. The number of anilines is 1. The highest BCUT2D eigenvalue weighted by Gasteiger charge is 2.19. The maximum Gasteiger partial charge on any atom is 0.272 e. The first kappa shape index (κ1) is 15.3. The van der Waals surface area contributed by atoms with Crippen molar-refractivity contribution < 1.29 is 4.79 Å². The van der Waals surface area contributed by atoms with Crippen LogP contribution in [-0.2, 0) is 13.0 Å². The van der Waals surface area contributed by atoms with E-state index in [0.29, 0.717) is 0 Å². The molecular formula is C20H22N2O. The number of carbonyl (C=O) groups is 1. The van der Waals surface area contributed by atoms with E-state index in [1.54, 1.807) is 0 Å². The van der Waals surface area contributed by atoms with E-state index in [1.165, 1.54) is 10.9 Å². The van der Waals surface area contributed by atoms with Crippen molar-refractivity contribution in [1.82, 2.24) is 4.57 Å². The van der Waals surface area contributed by atoms with Crippen molar-refractivity contribution in [3.05, 3.63) is 65.4 Å². The number of nitrogens with one attached hydrogen (secondary N) is 1. The average Bonchev–Trinajstić information content (AvgIpc) is 2.87. The van der Waals surface area contributed by atoms with Gasteiger partial charge in [0.1, 0.15) is 5.69 Å². The van der Waals surface area contributed by atoms with Gasteiger partial charge in [-0.05, 0) is 55.7 Å². The van der Waals surface area contributed by atoms with Crippen molar-refractivity contribution in [2.24, 2.45) is 0 Å². The van der Waals surface area contributed by atoms with E-state index in [0.717, 1.165) is 35.4 Å². The molecule has 3 heteroatoms. The van der Waals surface area contributed by atoms with Gasteiger partial charge in [0.2, 0.25) is 0 Å². The van der Waals surface area contributed by atoms with Gasteiger partial charge in [-0.25, -0.2) is 0 Å². The molecule has 1 aromatic heterocycles. The third-order valence-electron chi connectivity index (χ3n) is 4.35. The number of aryl methyl sites for hydroxylation is 3. The van der Waals surface area contributed by atoms with Crippen LogP contribution in [0.5, 0.6) is 0 Å². The zero-order chi connectivity index (χ0) is 16.4. The Kier molecular flexibility index (Phi) is 4.20. The Bertz CT molecular complexity index is 847. The standard InChI is InChI=1S/C20H22N2O/c1-4-15-11-12-18-17(13-15)14(3)19(22(18)5-2)20(23)21-16-9-7-6-8-10-16/h6-13H,4-5H2,1-3H3,(H,21,23). The topological polar surface area (TPSA) is 34.0 Å². The lowest BCUT2D eigenvalue weighted by atomic mass is 10.1. The maximum absolute atomic E-state index is 12.8. The summed E-state index contributed by atoms with van der Waals surface area (Å²) < 4.78 is 2.10. The second kappa shape index (κ2) is 6.29. The minimum Gasteiger partial charge on any atom is -0.337 e. The van der Waals surface area contributed by atoms with E-state index >= 15 is 0 Å². The smallest absolute Gasteiger partial charge is 0.272 e. The number of nitrogens with zero attached hydrogens (tertiary/aromatic N) is 1. The van der Waals surface area contributed by atoms with Gasteiger partial charge in [0.25, 0.3) is 5.91 Å². The summed E-state index contributed by atoms with van der Waals surface area (Å²) in [6.45, 7) is 7.03. The van der Waals surface area contributed by atoms with E-state index in [4.69, 9.17) is 0 Å². The lowest BCUT2D eigenvalue weighted by Gasteiger charge is -2.10. The first-order valence-electron chi connectivity index (χ1n) is 8.13. The summed E-state index contributed by atoms with van der Waals surface area (Å²) in [5, 5.41) is 4.17. The molecule has 1 amide bonds. The van der Waals surface area contributed by atoms with Crippen LogP contribution >= 0.6 is 0 Å². The minimum absolute atomic E-state index is 0.0511. The third kappa shape index (κ3) is 2.74. The minimum atomic E-state index is -0.0511. The maximum atomic E-state index is 12.8. The van der Waals surface area contributed by atoms with Crippen LogP contribution in [-0.4, -0.2) is 10.5 Å². The number of carbonyl (C=O) groups excluding carboxylic acids is 1. The molecule has 3 nitrogen and oxygen atoms in total. The predicted octanol–water partition coefficient (Wildman–Crippen LogP) is 4.78. The van der Waals surface area contributed by atoms with Gasteiger partial charge in [0, 0.05) is 23.1 Å². The van der Waals surface area contributed by atoms with Crippen molar-refractivity contribution in [3.63, 3.8) is 0 Å². The van der Waals surface area contributed by atoms with Gasteiger partial charge in [0.15, 0.2) is 0 Å². The highest BCUT2D eigenvalue weighted by Crippen LogP contribution is 2.27. The normalized spacial score (nSPS) is 10.9. The van der Waals surface area contributed by atoms with Crippen molar-refractivity contribution >= 4 is 22.5 Å². The summed E-state index contributed by atoms with van der Waals surface area (Å²) in [4.78, 5) is 12.8. The SMILES string of the molecule is CCc1ccc2c(c1)c(C)c(C(=O)Nc1ccccc1)n2CC. The monoisotopic (exact) mass is 306 g/mol. The molecule has 1 N–H and O–H groups in total. The average molecular weight is 306 g/mol. The van der Waals surface area contributed by atoms with Crippen molar-refractivity contribution in [2.75, 3.05) is 5.32 Å². The highest BCUT2D eigenvalue weighted by molar-refractivity contribution is 6.08. The highest BCUT2D eigenvalue weighted by atomic mass is 16.2. The fourth-order valence-electron chi connectivity index (χ4n) is 3.12. The molecule has 23 heavy (non-hydrogen) atoms. The lowest BCUT2D eigenvalue weighted by Crippen LogP contribution is -2.17. The second-order valence-corrected chi connectivity index (χ2v) is 5.74. The molecule has 2 aromatic carbocycles. The molecule has 3 aromatic rings. The number of para-hydroxylation sites is 1. The Morgan fingerprint density at radius 1 is 1.09 bits per heavy atom. The number of fused-ring (bicyclic) bond motifs is 1. The van der Waals surface area contributed by atoms with E-state index in [2.05, 4.69) is 41.9 Å². The predicted molar refractivity (Wildman–Crippen MR) is 96.1 cm³/mol. The number of hydrogen-bond acceptors (Lipinski definition) is 1. The van der Waals surface area contributed by atoms with Crippen LogP contribution in [0.25, 0.3) is 10.9 Å². The van der Waals surface area contributed by atoms with Gasteiger partial charge in [-0.15, -0.1) is 0 Å².